The quantitative estimate of drug-likeness (QED) is 0.746. The number of carbonyl (C=O) groups is 1. The number of anilines is 1. The highest BCUT2D eigenvalue weighted by atomic mass is 35.5. The van der Waals surface area contributed by atoms with Gasteiger partial charge < -0.3 is 10.1 Å². The molecule has 0 aliphatic rings. The first-order valence-corrected chi connectivity index (χ1v) is 5.12. The van der Waals surface area contributed by atoms with Crippen molar-refractivity contribution in [3.8, 4) is 5.88 Å². The van der Waals surface area contributed by atoms with Crippen LogP contribution in [0.3, 0.4) is 0 Å². The van der Waals surface area contributed by atoms with Crippen molar-refractivity contribution < 1.29 is 9.53 Å². The molecule has 0 aliphatic heterocycles. The van der Waals surface area contributed by atoms with Crippen LogP contribution in [-0.4, -0.2) is 36.1 Å². The van der Waals surface area contributed by atoms with Crippen molar-refractivity contribution in [3.05, 3.63) is 11.2 Å². The van der Waals surface area contributed by atoms with Gasteiger partial charge in [0.15, 0.2) is 0 Å². The SMILES string of the molecule is CCNCC(=O)Nc1nc(Cl)cc(OC)n1. The van der Waals surface area contributed by atoms with Crippen molar-refractivity contribution in [2.24, 2.45) is 0 Å². The number of aromatic nitrogens is 2. The Kier molecular flexibility index (Phi) is 4.94. The summed E-state index contributed by atoms with van der Waals surface area (Å²) in [5, 5.41) is 5.60. The number of ether oxygens (including phenoxy) is 1. The zero-order chi connectivity index (χ0) is 12.0. The number of hydrogen-bond donors (Lipinski definition) is 2. The molecule has 1 aromatic heterocycles. The van der Waals surface area contributed by atoms with Gasteiger partial charge in [0.25, 0.3) is 0 Å². The zero-order valence-electron chi connectivity index (χ0n) is 9.08. The van der Waals surface area contributed by atoms with Crippen LogP contribution in [0.5, 0.6) is 5.88 Å². The second-order valence-corrected chi connectivity index (χ2v) is 3.27. The summed E-state index contributed by atoms with van der Waals surface area (Å²) >= 11 is 5.72. The molecule has 1 aromatic rings. The largest absolute Gasteiger partial charge is 0.481 e. The minimum atomic E-state index is -0.230. The zero-order valence-corrected chi connectivity index (χ0v) is 9.84. The molecule has 0 bridgehead atoms. The molecule has 0 saturated heterocycles. The van der Waals surface area contributed by atoms with Gasteiger partial charge in [0.05, 0.1) is 13.7 Å². The lowest BCUT2D eigenvalue weighted by atomic mass is 10.5. The van der Waals surface area contributed by atoms with Crippen LogP contribution in [0, 0.1) is 0 Å². The molecule has 0 radical (unpaired) electrons. The molecular weight excluding hydrogens is 232 g/mol. The van der Waals surface area contributed by atoms with Gasteiger partial charge in [-0.2, -0.15) is 4.98 Å². The lowest BCUT2D eigenvalue weighted by molar-refractivity contribution is -0.115. The fourth-order valence-corrected chi connectivity index (χ4v) is 1.14. The fraction of sp³-hybridized carbons (Fsp3) is 0.444. The summed E-state index contributed by atoms with van der Waals surface area (Å²) < 4.78 is 4.90. The van der Waals surface area contributed by atoms with Crippen molar-refractivity contribution in [1.82, 2.24) is 15.3 Å². The summed E-state index contributed by atoms with van der Waals surface area (Å²) in [6, 6.07) is 1.46. The smallest absolute Gasteiger partial charge is 0.240 e. The lowest BCUT2D eigenvalue weighted by Crippen LogP contribution is -2.28. The second-order valence-electron chi connectivity index (χ2n) is 2.89. The number of amides is 1. The highest BCUT2D eigenvalue weighted by molar-refractivity contribution is 6.29. The average Bonchev–Trinajstić information content (AvgIpc) is 2.25. The van der Waals surface area contributed by atoms with E-state index in [0.29, 0.717) is 12.4 Å². The molecule has 1 rings (SSSR count). The maximum absolute atomic E-state index is 11.3. The van der Waals surface area contributed by atoms with Gasteiger partial charge in [-0.3, -0.25) is 10.1 Å². The number of rotatable bonds is 5. The molecule has 1 heterocycles. The summed E-state index contributed by atoms with van der Waals surface area (Å²) in [7, 11) is 1.46. The first-order valence-electron chi connectivity index (χ1n) is 4.75. The Morgan fingerprint density at radius 3 is 2.94 bits per heavy atom. The molecule has 2 N–H and O–H groups in total. The van der Waals surface area contributed by atoms with Gasteiger partial charge in [-0.15, -0.1) is 0 Å². The predicted molar refractivity (Wildman–Crippen MR) is 60.8 cm³/mol. The molecule has 0 aromatic carbocycles. The highest BCUT2D eigenvalue weighted by Crippen LogP contribution is 2.15. The van der Waals surface area contributed by atoms with Crippen molar-refractivity contribution in [1.29, 1.82) is 0 Å². The third-order valence-corrected chi connectivity index (χ3v) is 1.86. The van der Waals surface area contributed by atoms with Gasteiger partial charge in [0.1, 0.15) is 5.15 Å². The molecule has 1 amide bonds. The van der Waals surface area contributed by atoms with E-state index in [-0.39, 0.29) is 23.6 Å². The Morgan fingerprint density at radius 2 is 2.31 bits per heavy atom. The van der Waals surface area contributed by atoms with E-state index < -0.39 is 0 Å². The molecule has 7 heteroatoms. The number of hydrogen-bond acceptors (Lipinski definition) is 5. The topological polar surface area (TPSA) is 76.1 Å². The van der Waals surface area contributed by atoms with Crippen molar-refractivity contribution in [2.45, 2.75) is 6.92 Å². The maximum atomic E-state index is 11.3. The second kappa shape index (κ2) is 6.24. The molecular formula is C9H13ClN4O2. The van der Waals surface area contributed by atoms with E-state index in [9.17, 15) is 4.79 Å². The number of methoxy groups -OCH3 is 1. The van der Waals surface area contributed by atoms with E-state index >= 15 is 0 Å². The molecule has 0 saturated carbocycles. The summed E-state index contributed by atoms with van der Waals surface area (Å²) in [4.78, 5) is 19.1. The van der Waals surface area contributed by atoms with Gasteiger partial charge in [0, 0.05) is 6.07 Å². The maximum Gasteiger partial charge on any atom is 0.240 e. The molecule has 0 unspecified atom stereocenters. The van der Waals surface area contributed by atoms with E-state index in [1.54, 1.807) is 0 Å². The van der Waals surface area contributed by atoms with Crippen molar-refractivity contribution in [3.63, 3.8) is 0 Å². The first kappa shape index (κ1) is 12.7. The molecule has 0 spiro atoms. The molecule has 6 nitrogen and oxygen atoms in total. The van der Waals surface area contributed by atoms with Crippen LogP contribution < -0.4 is 15.4 Å². The van der Waals surface area contributed by atoms with Crippen molar-refractivity contribution in [2.75, 3.05) is 25.5 Å². The van der Waals surface area contributed by atoms with Crippen LogP contribution in [0.25, 0.3) is 0 Å². The van der Waals surface area contributed by atoms with E-state index in [0.717, 1.165) is 0 Å². The van der Waals surface area contributed by atoms with Crippen molar-refractivity contribution >= 4 is 23.5 Å². The van der Waals surface area contributed by atoms with Gasteiger partial charge in [-0.25, -0.2) is 4.98 Å². The van der Waals surface area contributed by atoms with E-state index in [2.05, 4.69) is 20.6 Å². The van der Waals surface area contributed by atoms with Crippen LogP contribution in [0.15, 0.2) is 6.07 Å². The van der Waals surface area contributed by atoms with Crippen LogP contribution in [0.2, 0.25) is 5.15 Å². The Hall–Kier alpha value is -1.40. The van der Waals surface area contributed by atoms with Crippen LogP contribution >= 0.6 is 11.6 Å². The number of nitrogens with zero attached hydrogens (tertiary/aromatic N) is 2. The highest BCUT2D eigenvalue weighted by Gasteiger charge is 2.06. The minimum Gasteiger partial charge on any atom is -0.481 e. The van der Waals surface area contributed by atoms with Crippen LogP contribution in [0.4, 0.5) is 5.95 Å². The Bertz CT molecular complexity index is 373. The number of carbonyl (C=O) groups excluding carboxylic acids is 1. The van der Waals surface area contributed by atoms with Gasteiger partial charge >= 0.3 is 0 Å². The molecule has 0 fully saturated rings. The normalized spacial score (nSPS) is 9.94. The number of nitrogens with one attached hydrogen (secondary N) is 2. The Labute approximate surface area is 98.4 Å². The molecule has 0 atom stereocenters. The fourth-order valence-electron chi connectivity index (χ4n) is 0.965. The monoisotopic (exact) mass is 244 g/mol. The first-order chi connectivity index (χ1) is 7.65. The van der Waals surface area contributed by atoms with Crippen LogP contribution in [0.1, 0.15) is 6.92 Å². The van der Waals surface area contributed by atoms with E-state index in [1.165, 1.54) is 13.2 Å². The van der Waals surface area contributed by atoms with Gasteiger partial charge in [-0.1, -0.05) is 18.5 Å². The van der Waals surface area contributed by atoms with Crippen LogP contribution in [-0.2, 0) is 4.79 Å². The Balaban J connectivity index is 2.65. The summed E-state index contributed by atoms with van der Waals surface area (Å²) in [6.45, 7) is 2.83. The lowest BCUT2D eigenvalue weighted by Gasteiger charge is -2.05. The molecule has 88 valence electrons. The summed E-state index contributed by atoms with van der Waals surface area (Å²) in [5.41, 5.74) is 0. The summed E-state index contributed by atoms with van der Waals surface area (Å²) in [6.07, 6.45) is 0. The number of likely N-dealkylation sites (N-methyl/N-ethyl adjacent to an activating group) is 1. The molecule has 16 heavy (non-hydrogen) atoms. The standard InChI is InChI=1S/C9H13ClN4O2/c1-3-11-5-7(15)13-9-12-6(10)4-8(14-9)16-2/h4,11H,3,5H2,1-2H3,(H,12,13,14,15). The van der Waals surface area contributed by atoms with E-state index in [1.807, 2.05) is 6.92 Å². The Morgan fingerprint density at radius 1 is 1.56 bits per heavy atom. The molecule has 0 aliphatic carbocycles. The van der Waals surface area contributed by atoms with E-state index in [4.69, 9.17) is 16.3 Å². The number of halogens is 1. The minimum absolute atomic E-state index is 0.132. The van der Waals surface area contributed by atoms with Gasteiger partial charge in [0.2, 0.25) is 17.7 Å². The van der Waals surface area contributed by atoms with Gasteiger partial charge in [-0.05, 0) is 6.54 Å². The predicted octanol–water partition coefficient (Wildman–Crippen LogP) is 0.687. The summed E-state index contributed by atoms with van der Waals surface area (Å²) in [5.74, 6) is 0.206. The third-order valence-electron chi connectivity index (χ3n) is 1.67. The third kappa shape index (κ3) is 4.00. The average molecular weight is 245 g/mol.